The SMILES string of the molecule is O=S(=O)(c1ccc(C(F)(F)F)nc1)N1C[C@@H]2CC=CC[C@H]2C1. The van der Waals surface area contributed by atoms with Crippen LogP contribution in [0.5, 0.6) is 0 Å². The third-order valence-corrected chi connectivity index (χ3v) is 6.07. The van der Waals surface area contributed by atoms with Crippen LogP contribution in [-0.2, 0) is 16.2 Å². The van der Waals surface area contributed by atoms with Gasteiger partial charge in [-0.15, -0.1) is 0 Å². The zero-order chi connectivity index (χ0) is 16.0. The van der Waals surface area contributed by atoms with E-state index >= 15 is 0 Å². The van der Waals surface area contributed by atoms with Gasteiger partial charge in [-0.25, -0.2) is 8.42 Å². The van der Waals surface area contributed by atoms with Crippen molar-refractivity contribution in [1.29, 1.82) is 0 Å². The number of hydrogen-bond donors (Lipinski definition) is 0. The molecule has 1 aromatic heterocycles. The lowest BCUT2D eigenvalue weighted by Gasteiger charge is -2.18. The van der Waals surface area contributed by atoms with E-state index in [2.05, 4.69) is 17.1 Å². The predicted molar refractivity (Wildman–Crippen MR) is 73.4 cm³/mol. The summed E-state index contributed by atoms with van der Waals surface area (Å²) in [6.07, 6.45) is 2.02. The Labute approximate surface area is 126 Å². The summed E-state index contributed by atoms with van der Waals surface area (Å²) in [5, 5.41) is 0. The molecule has 0 N–H and O–H groups in total. The van der Waals surface area contributed by atoms with Crippen LogP contribution >= 0.6 is 0 Å². The zero-order valence-electron chi connectivity index (χ0n) is 11.6. The Balaban J connectivity index is 1.82. The van der Waals surface area contributed by atoms with E-state index in [1.807, 2.05) is 0 Å². The van der Waals surface area contributed by atoms with Gasteiger partial charge in [-0.1, -0.05) is 12.2 Å². The van der Waals surface area contributed by atoms with Crippen molar-refractivity contribution in [3.8, 4) is 0 Å². The van der Waals surface area contributed by atoms with E-state index in [4.69, 9.17) is 0 Å². The molecule has 1 aliphatic heterocycles. The van der Waals surface area contributed by atoms with E-state index in [9.17, 15) is 21.6 Å². The van der Waals surface area contributed by atoms with Gasteiger partial charge in [0, 0.05) is 19.3 Å². The highest BCUT2D eigenvalue weighted by Gasteiger charge is 2.39. The first-order valence-corrected chi connectivity index (χ1v) is 8.41. The second-order valence-electron chi connectivity index (χ2n) is 5.66. The average Bonchev–Trinajstić information content (AvgIpc) is 2.91. The first-order chi connectivity index (χ1) is 10.3. The molecule has 8 heteroatoms. The highest BCUT2D eigenvalue weighted by molar-refractivity contribution is 7.89. The summed E-state index contributed by atoms with van der Waals surface area (Å²) < 4.78 is 63.9. The van der Waals surface area contributed by atoms with E-state index in [0.29, 0.717) is 31.0 Å². The van der Waals surface area contributed by atoms with Crippen LogP contribution in [0.1, 0.15) is 18.5 Å². The molecule has 1 aliphatic carbocycles. The van der Waals surface area contributed by atoms with E-state index in [0.717, 1.165) is 25.1 Å². The van der Waals surface area contributed by atoms with Crippen molar-refractivity contribution in [2.24, 2.45) is 11.8 Å². The topological polar surface area (TPSA) is 50.3 Å². The molecule has 2 heterocycles. The number of sulfonamides is 1. The summed E-state index contributed by atoms with van der Waals surface area (Å²) in [6.45, 7) is 0.830. The van der Waals surface area contributed by atoms with Crippen molar-refractivity contribution in [2.45, 2.75) is 23.9 Å². The van der Waals surface area contributed by atoms with Crippen LogP contribution in [-0.4, -0.2) is 30.8 Å². The molecule has 120 valence electrons. The maximum atomic E-state index is 12.5. The molecular formula is C14H15F3N2O2S. The fourth-order valence-electron chi connectivity index (χ4n) is 3.02. The second kappa shape index (κ2) is 5.34. The molecule has 0 radical (unpaired) electrons. The number of hydrogen-bond acceptors (Lipinski definition) is 3. The van der Waals surface area contributed by atoms with Crippen LogP contribution in [0.4, 0.5) is 13.2 Å². The smallest absolute Gasteiger partial charge is 0.250 e. The molecule has 0 unspecified atom stereocenters. The van der Waals surface area contributed by atoms with Gasteiger partial charge in [0.15, 0.2) is 0 Å². The van der Waals surface area contributed by atoms with Crippen LogP contribution in [0.15, 0.2) is 35.4 Å². The molecule has 2 aliphatic rings. The van der Waals surface area contributed by atoms with Crippen LogP contribution in [0.2, 0.25) is 0 Å². The number of halogens is 3. The largest absolute Gasteiger partial charge is 0.433 e. The number of pyridine rings is 1. The standard InChI is InChI=1S/C14H15F3N2O2S/c15-14(16,17)13-6-5-12(7-18-13)22(20,21)19-8-10-3-1-2-4-11(10)9-19/h1-2,5-7,10-11H,3-4,8-9H2/t10-,11-/m0/s1. The summed E-state index contributed by atoms with van der Waals surface area (Å²) in [7, 11) is -3.78. The monoisotopic (exact) mass is 332 g/mol. The molecule has 0 amide bonds. The first kappa shape index (κ1) is 15.5. The Morgan fingerprint density at radius 3 is 2.14 bits per heavy atom. The Bertz CT molecular complexity index is 667. The molecule has 22 heavy (non-hydrogen) atoms. The van der Waals surface area contributed by atoms with Gasteiger partial charge in [0.05, 0.1) is 0 Å². The Morgan fingerprint density at radius 2 is 1.68 bits per heavy atom. The summed E-state index contributed by atoms with van der Waals surface area (Å²) in [4.78, 5) is 3.05. The first-order valence-electron chi connectivity index (χ1n) is 6.97. The third kappa shape index (κ3) is 2.77. The Hall–Kier alpha value is -1.41. The van der Waals surface area contributed by atoms with Crippen molar-refractivity contribution in [3.63, 3.8) is 0 Å². The van der Waals surface area contributed by atoms with E-state index in [1.54, 1.807) is 0 Å². The van der Waals surface area contributed by atoms with Crippen molar-refractivity contribution >= 4 is 10.0 Å². The molecule has 2 atom stereocenters. The van der Waals surface area contributed by atoms with Crippen LogP contribution in [0.25, 0.3) is 0 Å². The normalized spacial score (nSPS) is 26.1. The van der Waals surface area contributed by atoms with Gasteiger partial charge in [0.25, 0.3) is 0 Å². The van der Waals surface area contributed by atoms with Gasteiger partial charge >= 0.3 is 6.18 Å². The number of rotatable bonds is 2. The zero-order valence-corrected chi connectivity index (χ0v) is 12.4. The average molecular weight is 332 g/mol. The maximum Gasteiger partial charge on any atom is 0.433 e. The molecule has 1 aromatic rings. The fourth-order valence-corrected chi connectivity index (χ4v) is 4.52. The number of allylic oxidation sites excluding steroid dienone is 2. The summed E-state index contributed by atoms with van der Waals surface area (Å²) in [5.41, 5.74) is -1.09. The van der Waals surface area contributed by atoms with Crippen molar-refractivity contribution in [1.82, 2.24) is 9.29 Å². The fraction of sp³-hybridized carbons (Fsp3) is 0.500. The van der Waals surface area contributed by atoms with Crippen molar-refractivity contribution < 1.29 is 21.6 Å². The molecule has 3 rings (SSSR count). The van der Waals surface area contributed by atoms with Gasteiger partial charge in [-0.2, -0.15) is 17.5 Å². The Morgan fingerprint density at radius 1 is 1.09 bits per heavy atom. The molecule has 1 saturated heterocycles. The van der Waals surface area contributed by atoms with Gasteiger partial charge in [0.2, 0.25) is 10.0 Å². The maximum absolute atomic E-state index is 12.5. The number of alkyl halides is 3. The van der Waals surface area contributed by atoms with E-state index in [-0.39, 0.29) is 4.90 Å². The number of aromatic nitrogens is 1. The van der Waals surface area contributed by atoms with Crippen LogP contribution in [0, 0.1) is 11.8 Å². The molecule has 0 saturated carbocycles. The molecular weight excluding hydrogens is 317 g/mol. The molecule has 0 spiro atoms. The minimum absolute atomic E-state index is 0.188. The number of fused-ring (bicyclic) bond motifs is 1. The lowest BCUT2D eigenvalue weighted by Crippen LogP contribution is -2.29. The lowest BCUT2D eigenvalue weighted by molar-refractivity contribution is -0.141. The summed E-state index contributed by atoms with van der Waals surface area (Å²) in [5.74, 6) is 0.587. The second-order valence-corrected chi connectivity index (χ2v) is 7.60. The molecule has 1 fully saturated rings. The number of nitrogens with zero attached hydrogens (tertiary/aromatic N) is 2. The lowest BCUT2D eigenvalue weighted by atomic mass is 9.86. The van der Waals surface area contributed by atoms with Crippen LogP contribution in [0.3, 0.4) is 0 Å². The Kier molecular flexibility index (Phi) is 3.76. The molecule has 0 bridgehead atoms. The quantitative estimate of drug-likeness (QED) is 0.783. The van der Waals surface area contributed by atoms with Gasteiger partial charge in [-0.3, -0.25) is 4.98 Å². The summed E-state index contributed by atoms with van der Waals surface area (Å²) >= 11 is 0. The van der Waals surface area contributed by atoms with E-state index < -0.39 is 21.9 Å². The third-order valence-electron chi connectivity index (χ3n) is 4.25. The van der Waals surface area contributed by atoms with Crippen molar-refractivity contribution in [3.05, 3.63) is 36.2 Å². The minimum Gasteiger partial charge on any atom is -0.250 e. The minimum atomic E-state index is -4.57. The highest BCUT2D eigenvalue weighted by Crippen LogP contribution is 2.36. The summed E-state index contributed by atoms with van der Waals surface area (Å²) in [6, 6.07) is 1.68. The molecule has 4 nitrogen and oxygen atoms in total. The van der Waals surface area contributed by atoms with Gasteiger partial charge in [0.1, 0.15) is 10.6 Å². The van der Waals surface area contributed by atoms with Gasteiger partial charge in [-0.05, 0) is 36.8 Å². The predicted octanol–water partition coefficient (Wildman–Crippen LogP) is 2.69. The van der Waals surface area contributed by atoms with Gasteiger partial charge < -0.3 is 0 Å². The van der Waals surface area contributed by atoms with E-state index in [1.165, 1.54) is 4.31 Å². The van der Waals surface area contributed by atoms with Crippen molar-refractivity contribution in [2.75, 3.05) is 13.1 Å². The van der Waals surface area contributed by atoms with Crippen LogP contribution < -0.4 is 0 Å². The molecule has 0 aromatic carbocycles. The highest BCUT2D eigenvalue weighted by atomic mass is 32.2.